The van der Waals surface area contributed by atoms with Crippen molar-refractivity contribution in [2.24, 2.45) is 0 Å². The lowest BCUT2D eigenvalue weighted by atomic mass is 10.2. The van der Waals surface area contributed by atoms with Gasteiger partial charge in [0.2, 0.25) is 5.91 Å². The summed E-state index contributed by atoms with van der Waals surface area (Å²) in [6.07, 6.45) is 0.591. The molecule has 1 aliphatic rings. The summed E-state index contributed by atoms with van der Waals surface area (Å²) in [6.45, 7) is 3.36. The van der Waals surface area contributed by atoms with E-state index in [0.717, 1.165) is 31.2 Å². The Kier molecular flexibility index (Phi) is 3.80. The second-order valence-corrected chi connectivity index (χ2v) is 4.44. The lowest BCUT2D eigenvalue weighted by Crippen LogP contribution is -2.28. The number of carbonyl (C=O) groups is 1. The number of carbonyl (C=O) groups excluding carboxylic acids is 1. The number of halogens is 1. The maximum absolute atomic E-state index is 11.2. The molecule has 0 unspecified atom stereocenters. The van der Waals surface area contributed by atoms with Gasteiger partial charge in [0.15, 0.2) is 0 Å². The number of benzene rings is 1. The second kappa shape index (κ2) is 5.32. The van der Waals surface area contributed by atoms with Crippen molar-refractivity contribution >= 4 is 17.5 Å². The van der Waals surface area contributed by atoms with E-state index in [0.29, 0.717) is 6.42 Å². The molecule has 16 heavy (non-hydrogen) atoms. The van der Waals surface area contributed by atoms with Gasteiger partial charge in [-0.05, 0) is 17.7 Å². The van der Waals surface area contributed by atoms with E-state index in [1.54, 1.807) is 0 Å². The van der Waals surface area contributed by atoms with Crippen LogP contribution in [-0.4, -0.2) is 30.4 Å². The van der Waals surface area contributed by atoms with Crippen LogP contribution in [-0.2, 0) is 11.3 Å². The van der Waals surface area contributed by atoms with E-state index < -0.39 is 0 Å². The van der Waals surface area contributed by atoms with Crippen LogP contribution in [0.4, 0.5) is 0 Å². The molecule has 1 fully saturated rings. The Morgan fingerprint density at radius 1 is 1.25 bits per heavy atom. The molecule has 1 aromatic rings. The average molecular weight is 239 g/mol. The van der Waals surface area contributed by atoms with E-state index in [2.05, 4.69) is 10.2 Å². The first-order valence-corrected chi connectivity index (χ1v) is 5.85. The van der Waals surface area contributed by atoms with Crippen LogP contribution < -0.4 is 5.32 Å². The Balaban J connectivity index is 1.93. The first-order chi connectivity index (χ1) is 7.74. The molecule has 1 amide bonds. The molecule has 0 saturated carbocycles. The molecule has 1 saturated heterocycles. The van der Waals surface area contributed by atoms with Gasteiger partial charge in [-0.1, -0.05) is 23.7 Å². The van der Waals surface area contributed by atoms with Crippen LogP contribution in [0.1, 0.15) is 12.0 Å². The van der Waals surface area contributed by atoms with Crippen molar-refractivity contribution in [3.63, 3.8) is 0 Å². The Labute approximate surface area is 100 Å². The summed E-state index contributed by atoms with van der Waals surface area (Å²) in [5.41, 5.74) is 1.23. The summed E-state index contributed by atoms with van der Waals surface area (Å²) >= 11 is 5.83. The van der Waals surface area contributed by atoms with Crippen molar-refractivity contribution < 1.29 is 4.79 Å². The molecule has 1 N–H and O–H groups in total. The molecule has 1 heterocycles. The number of amides is 1. The van der Waals surface area contributed by atoms with Crippen molar-refractivity contribution in [1.29, 1.82) is 0 Å². The van der Waals surface area contributed by atoms with Crippen molar-refractivity contribution in [3.8, 4) is 0 Å². The Hall–Kier alpha value is -1.06. The van der Waals surface area contributed by atoms with Crippen molar-refractivity contribution in [3.05, 3.63) is 34.9 Å². The molecule has 0 aliphatic carbocycles. The number of nitrogens with zero attached hydrogens (tertiary/aromatic N) is 1. The predicted molar refractivity (Wildman–Crippen MR) is 64.4 cm³/mol. The summed E-state index contributed by atoms with van der Waals surface area (Å²) in [6, 6.07) is 7.86. The smallest absolute Gasteiger partial charge is 0.221 e. The largest absolute Gasteiger partial charge is 0.355 e. The fourth-order valence-corrected chi connectivity index (χ4v) is 1.95. The molecule has 86 valence electrons. The molecule has 1 aliphatic heterocycles. The van der Waals surface area contributed by atoms with E-state index in [1.807, 2.05) is 24.3 Å². The quantitative estimate of drug-likeness (QED) is 0.850. The van der Waals surface area contributed by atoms with E-state index >= 15 is 0 Å². The molecule has 0 bridgehead atoms. The van der Waals surface area contributed by atoms with Crippen LogP contribution >= 0.6 is 11.6 Å². The van der Waals surface area contributed by atoms with Crippen molar-refractivity contribution in [1.82, 2.24) is 10.2 Å². The first kappa shape index (κ1) is 11.4. The molecular formula is C12H15ClN2O. The van der Waals surface area contributed by atoms with Crippen molar-refractivity contribution in [2.75, 3.05) is 19.6 Å². The Bertz CT molecular complexity index is 364. The number of rotatable bonds is 2. The van der Waals surface area contributed by atoms with Gasteiger partial charge in [0.05, 0.1) is 0 Å². The minimum atomic E-state index is 0.151. The van der Waals surface area contributed by atoms with Gasteiger partial charge in [-0.15, -0.1) is 0 Å². The van der Waals surface area contributed by atoms with E-state index in [1.165, 1.54) is 5.56 Å². The second-order valence-electron chi connectivity index (χ2n) is 4.00. The molecular weight excluding hydrogens is 224 g/mol. The highest BCUT2D eigenvalue weighted by atomic mass is 35.5. The molecule has 1 aromatic carbocycles. The minimum absolute atomic E-state index is 0.151. The fraction of sp³-hybridized carbons (Fsp3) is 0.417. The van der Waals surface area contributed by atoms with E-state index in [9.17, 15) is 4.79 Å². The topological polar surface area (TPSA) is 32.3 Å². The SMILES string of the molecule is O=C1CCN(Cc2ccc(Cl)cc2)CCN1. The highest BCUT2D eigenvalue weighted by molar-refractivity contribution is 6.30. The monoisotopic (exact) mass is 238 g/mol. The third kappa shape index (κ3) is 3.22. The molecule has 4 heteroatoms. The van der Waals surface area contributed by atoms with Crippen LogP contribution in [0.5, 0.6) is 0 Å². The molecule has 2 rings (SSSR count). The average Bonchev–Trinajstić information content (AvgIpc) is 2.47. The maximum Gasteiger partial charge on any atom is 0.221 e. The molecule has 0 spiro atoms. The van der Waals surface area contributed by atoms with Crippen LogP contribution in [0.15, 0.2) is 24.3 Å². The van der Waals surface area contributed by atoms with Gasteiger partial charge in [-0.2, -0.15) is 0 Å². The lowest BCUT2D eigenvalue weighted by Gasteiger charge is -2.18. The number of hydrogen-bond donors (Lipinski definition) is 1. The van der Waals surface area contributed by atoms with Crippen LogP contribution in [0.2, 0.25) is 5.02 Å². The predicted octanol–water partition coefficient (Wildman–Crippen LogP) is 1.66. The van der Waals surface area contributed by atoms with Gasteiger partial charge < -0.3 is 5.32 Å². The molecule has 0 radical (unpaired) electrons. The van der Waals surface area contributed by atoms with Crippen LogP contribution in [0.3, 0.4) is 0 Å². The first-order valence-electron chi connectivity index (χ1n) is 5.47. The standard InChI is InChI=1S/C12H15ClN2O/c13-11-3-1-10(2-4-11)9-15-7-5-12(16)14-6-8-15/h1-4H,5-9H2,(H,14,16). The van der Waals surface area contributed by atoms with Gasteiger partial charge in [-0.3, -0.25) is 9.69 Å². The molecule has 0 aromatic heterocycles. The van der Waals surface area contributed by atoms with Gasteiger partial charge in [0.25, 0.3) is 0 Å². The normalized spacial score (nSPS) is 17.9. The summed E-state index contributed by atoms with van der Waals surface area (Å²) < 4.78 is 0. The zero-order valence-corrected chi connectivity index (χ0v) is 9.83. The van der Waals surface area contributed by atoms with Gasteiger partial charge in [0, 0.05) is 37.6 Å². The summed E-state index contributed by atoms with van der Waals surface area (Å²) in [5.74, 6) is 0.151. The zero-order chi connectivity index (χ0) is 11.4. The maximum atomic E-state index is 11.2. The lowest BCUT2D eigenvalue weighted by molar-refractivity contribution is -0.120. The van der Waals surface area contributed by atoms with Crippen LogP contribution in [0.25, 0.3) is 0 Å². The van der Waals surface area contributed by atoms with Gasteiger partial charge in [0.1, 0.15) is 0 Å². The fourth-order valence-electron chi connectivity index (χ4n) is 1.82. The highest BCUT2D eigenvalue weighted by Gasteiger charge is 2.13. The summed E-state index contributed by atoms with van der Waals surface area (Å²) in [5, 5.41) is 3.63. The third-order valence-electron chi connectivity index (χ3n) is 2.72. The van der Waals surface area contributed by atoms with E-state index in [4.69, 9.17) is 11.6 Å². The third-order valence-corrected chi connectivity index (χ3v) is 2.98. The highest BCUT2D eigenvalue weighted by Crippen LogP contribution is 2.12. The van der Waals surface area contributed by atoms with Gasteiger partial charge >= 0.3 is 0 Å². The number of hydrogen-bond acceptors (Lipinski definition) is 2. The van der Waals surface area contributed by atoms with E-state index in [-0.39, 0.29) is 5.91 Å². The molecule has 3 nitrogen and oxygen atoms in total. The van der Waals surface area contributed by atoms with Gasteiger partial charge in [-0.25, -0.2) is 0 Å². The summed E-state index contributed by atoms with van der Waals surface area (Å²) in [4.78, 5) is 13.4. The summed E-state index contributed by atoms with van der Waals surface area (Å²) in [7, 11) is 0. The van der Waals surface area contributed by atoms with Crippen LogP contribution in [0, 0.1) is 0 Å². The minimum Gasteiger partial charge on any atom is -0.355 e. The number of nitrogens with one attached hydrogen (secondary N) is 1. The van der Waals surface area contributed by atoms with Crippen molar-refractivity contribution in [2.45, 2.75) is 13.0 Å². The molecule has 0 atom stereocenters. The Morgan fingerprint density at radius 3 is 2.75 bits per heavy atom. The zero-order valence-electron chi connectivity index (χ0n) is 9.08. The Morgan fingerprint density at radius 2 is 2.00 bits per heavy atom.